The number of thiocarbonyl (C=S) groups is 1. The number of nitrogens with one attached hydrogen (secondary N) is 1. The molecule has 18 heavy (non-hydrogen) atoms. The van der Waals surface area contributed by atoms with Gasteiger partial charge in [0.05, 0.1) is 17.6 Å². The van der Waals surface area contributed by atoms with Crippen molar-refractivity contribution in [1.82, 2.24) is 15.1 Å². The maximum atomic E-state index is 11.6. The van der Waals surface area contributed by atoms with Crippen LogP contribution in [0.1, 0.15) is 20.8 Å². The topological polar surface area (TPSA) is 61.6 Å². The van der Waals surface area contributed by atoms with E-state index < -0.39 is 0 Å². The SMILES string of the molecule is CC(C)NC(=O)CN1CCN(C(C)C(N)=S)CC1. The summed E-state index contributed by atoms with van der Waals surface area (Å²) >= 11 is 5.00. The highest BCUT2D eigenvalue weighted by atomic mass is 32.1. The first-order valence-electron chi connectivity index (χ1n) is 6.45. The van der Waals surface area contributed by atoms with E-state index in [4.69, 9.17) is 18.0 Å². The van der Waals surface area contributed by atoms with E-state index in [-0.39, 0.29) is 18.0 Å². The lowest BCUT2D eigenvalue weighted by atomic mass is 10.2. The molecule has 0 radical (unpaired) electrons. The van der Waals surface area contributed by atoms with Gasteiger partial charge in [-0.3, -0.25) is 14.6 Å². The summed E-state index contributed by atoms with van der Waals surface area (Å²) in [6.45, 7) is 10.0. The molecular formula is C12H24N4OS. The summed E-state index contributed by atoms with van der Waals surface area (Å²) in [4.78, 5) is 16.6. The van der Waals surface area contributed by atoms with Crippen LogP contribution in [0.4, 0.5) is 0 Å². The van der Waals surface area contributed by atoms with Crippen LogP contribution in [-0.4, -0.2) is 65.5 Å². The number of nitrogens with two attached hydrogens (primary N) is 1. The van der Waals surface area contributed by atoms with Gasteiger partial charge in [0.2, 0.25) is 5.91 Å². The van der Waals surface area contributed by atoms with Gasteiger partial charge in [-0.25, -0.2) is 0 Å². The second kappa shape index (κ2) is 7.01. The lowest BCUT2D eigenvalue weighted by molar-refractivity contribution is -0.123. The molecule has 0 saturated carbocycles. The minimum absolute atomic E-state index is 0.0980. The Morgan fingerprint density at radius 2 is 1.83 bits per heavy atom. The van der Waals surface area contributed by atoms with Crippen LogP contribution in [0, 0.1) is 0 Å². The highest BCUT2D eigenvalue weighted by Crippen LogP contribution is 2.06. The molecule has 0 aromatic carbocycles. The zero-order chi connectivity index (χ0) is 13.7. The minimum atomic E-state index is 0.0980. The van der Waals surface area contributed by atoms with Crippen molar-refractivity contribution in [3.05, 3.63) is 0 Å². The zero-order valence-electron chi connectivity index (χ0n) is 11.5. The molecule has 0 aromatic rings. The quantitative estimate of drug-likeness (QED) is 0.679. The largest absolute Gasteiger partial charge is 0.392 e. The van der Waals surface area contributed by atoms with E-state index in [1.165, 1.54) is 0 Å². The molecule has 104 valence electrons. The molecule has 1 fully saturated rings. The summed E-state index contributed by atoms with van der Waals surface area (Å²) in [6, 6.07) is 0.347. The fourth-order valence-corrected chi connectivity index (χ4v) is 2.21. The normalized spacial score (nSPS) is 19.8. The summed E-state index contributed by atoms with van der Waals surface area (Å²) in [5.74, 6) is 0.0980. The third-order valence-corrected chi connectivity index (χ3v) is 3.52. The average molecular weight is 272 g/mol. The van der Waals surface area contributed by atoms with E-state index in [1.54, 1.807) is 0 Å². The van der Waals surface area contributed by atoms with Crippen LogP contribution in [0.25, 0.3) is 0 Å². The fraction of sp³-hybridized carbons (Fsp3) is 0.833. The molecule has 1 aliphatic heterocycles. The summed E-state index contributed by atoms with van der Waals surface area (Å²) in [6.07, 6.45) is 0. The molecule has 5 nitrogen and oxygen atoms in total. The van der Waals surface area contributed by atoms with Crippen molar-refractivity contribution in [2.75, 3.05) is 32.7 Å². The van der Waals surface area contributed by atoms with Gasteiger partial charge in [-0.2, -0.15) is 0 Å². The molecule has 1 aliphatic rings. The molecule has 0 aliphatic carbocycles. The van der Waals surface area contributed by atoms with Gasteiger partial charge in [-0.1, -0.05) is 12.2 Å². The molecule has 1 atom stereocenters. The number of piperazine rings is 1. The number of hydrogen-bond donors (Lipinski definition) is 2. The summed E-state index contributed by atoms with van der Waals surface area (Å²) in [5, 5.41) is 2.91. The number of carbonyl (C=O) groups is 1. The summed E-state index contributed by atoms with van der Waals surface area (Å²) in [7, 11) is 0. The van der Waals surface area contributed by atoms with Crippen LogP contribution in [-0.2, 0) is 4.79 Å². The maximum absolute atomic E-state index is 11.6. The van der Waals surface area contributed by atoms with E-state index >= 15 is 0 Å². The van der Waals surface area contributed by atoms with Gasteiger partial charge in [0.15, 0.2) is 0 Å². The Labute approximate surface area is 115 Å². The van der Waals surface area contributed by atoms with Crippen molar-refractivity contribution in [1.29, 1.82) is 0 Å². The molecule has 1 rings (SSSR count). The Kier molecular flexibility index (Phi) is 5.98. The second-order valence-electron chi connectivity index (χ2n) is 5.11. The number of amides is 1. The van der Waals surface area contributed by atoms with E-state index in [1.807, 2.05) is 20.8 Å². The molecule has 6 heteroatoms. The molecule has 0 spiro atoms. The molecule has 0 bridgehead atoms. The number of rotatable bonds is 5. The number of hydrogen-bond acceptors (Lipinski definition) is 4. The van der Waals surface area contributed by atoms with Crippen LogP contribution in [0.2, 0.25) is 0 Å². The first-order chi connectivity index (χ1) is 8.40. The Bertz CT molecular complexity index is 300. The van der Waals surface area contributed by atoms with Gasteiger partial charge < -0.3 is 11.1 Å². The summed E-state index contributed by atoms with van der Waals surface area (Å²) < 4.78 is 0. The van der Waals surface area contributed by atoms with Gasteiger partial charge in [0, 0.05) is 32.2 Å². The monoisotopic (exact) mass is 272 g/mol. The van der Waals surface area contributed by atoms with E-state index in [9.17, 15) is 4.79 Å². The van der Waals surface area contributed by atoms with E-state index in [0.29, 0.717) is 11.5 Å². The molecular weight excluding hydrogens is 248 g/mol. The van der Waals surface area contributed by atoms with Crippen LogP contribution in [0.5, 0.6) is 0 Å². The Balaban J connectivity index is 2.31. The average Bonchev–Trinajstić information content (AvgIpc) is 2.27. The third kappa shape index (κ3) is 4.88. The van der Waals surface area contributed by atoms with Gasteiger partial charge in [0.25, 0.3) is 0 Å². The second-order valence-corrected chi connectivity index (χ2v) is 5.58. The molecule has 1 saturated heterocycles. The van der Waals surface area contributed by atoms with Crippen LogP contribution >= 0.6 is 12.2 Å². The summed E-state index contributed by atoms with van der Waals surface area (Å²) in [5.41, 5.74) is 5.65. The van der Waals surface area contributed by atoms with Gasteiger partial charge in [-0.15, -0.1) is 0 Å². The van der Waals surface area contributed by atoms with Crippen molar-refractivity contribution in [2.24, 2.45) is 5.73 Å². The van der Waals surface area contributed by atoms with Gasteiger partial charge >= 0.3 is 0 Å². The number of nitrogens with zero attached hydrogens (tertiary/aromatic N) is 2. The highest BCUT2D eigenvalue weighted by Gasteiger charge is 2.23. The van der Waals surface area contributed by atoms with Crippen molar-refractivity contribution in [3.8, 4) is 0 Å². The van der Waals surface area contributed by atoms with Crippen LogP contribution in [0.3, 0.4) is 0 Å². The highest BCUT2D eigenvalue weighted by molar-refractivity contribution is 7.80. The fourth-order valence-electron chi connectivity index (χ4n) is 2.06. The zero-order valence-corrected chi connectivity index (χ0v) is 12.3. The standard InChI is InChI=1S/C12H24N4OS/c1-9(2)14-11(17)8-15-4-6-16(7-5-15)10(3)12(13)18/h9-10H,4-8H2,1-3H3,(H2,13,18)(H,14,17). The van der Waals surface area contributed by atoms with Crippen molar-refractivity contribution in [2.45, 2.75) is 32.9 Å². The van der Waals surface area contributed by atoms with Gasteiger partial charge in [-0.05, 0) is 20.8 Å². The molecule has 0 aromatic heterocycles. The lowest BCUT2D eigenvalue weighted by Crippen LogP contribution is -2.54. The predicted molar refractivity (Wildman–Crippen MR) is 77.5 cm³/mol. The van der Waals surface area contributed by atoms with E-state index in [2.05, 4.69) is 15.1 Å². The number of carbonyl (C=O) groups excluding carboxylic acids is 1. The first kappa shape index (κ1) is 15.3. The first-order valence-corrected chi connectivity index (χ1v) is 6.86. The lowest BCUT2D eigenvalue weighted by Gasteiger charge is -2.37. The van der Waals surface area contributed by atoms with Crippen molar-refractivity contribution >= 4 is 23.1 Å². The van der Waals surface area contributed by atoms with Crippen molar-refractivity contribution < 1.29 is 4.79 Å². The Morgan fingerprint density at radius 1 is 1.28 bits per heavy atom. The molecule has 1 heterocycles. The van der Waals surface area contributed by atoms with Crippen LogP contribution < -0.4 is 11.1 Å². The molecule has 3 N–H and O–H groups in total. The smallest absolute Gasteiger partial charge is 0.234 e. The minimum Gasteiger partial charge on any atom is -0.392 e. The Hall–Kier alpha value is -0.720. The van der Waals surface area contributed by atoms with Crippen molar-refractivity contribution in [3.63, 3.8) is 0 Å². The van der Waals surface area contributed by atoms with Crippen LogP contribution in [0.15, 0.2) is 0 Å². The van der Waals surface area contributed by atoms with Gasteiger partial charge in [0.1, 0.15) is 0 Å². The third-order valence-electron chi connectivity index (χ3n) is 3.18. The predicted octanol–water partition coefficient (Wildman–Crippen LogP) is -0.197. The van der Waals surface area contributed by atoms with E-state index in [0.717, 1.165) is 26.2 Å². The molecule has 1 unspecified atom stereocenters. The molecule has 1 amide bonds. The Morgan fingerprint density at radius 3 is 2.28 bits per heavy atom. The maximum Gasteiger partial charge on any atom is 0.234 e.